The van der Waals surface area contributed by atoms with Gasteiger partial charge in [0.25, 0.3) is 5.91 Å². The summed E-state index contributed by atoms with van der Waals surface area (Å²) in [5, 5.41) is 6.05. The zero-order valence-corrected chi connectivity index (χ0v) is 15.3. The number of rotatable bonds is 6. The number of nitrogens with zero attached hydrogens (tertiary/aromatic N) is 2. The SMILES string of the molecule is Cc1cccc(Nc2cc(C(=O)NCCc3ccc(F)cc3)ncn2)c1C. The molecule has 5 nitrogen and oxygen atoms in total. The van der Waals surface area contributed by atoms with E-state index < -0.39 is 0 Å². The summed E-state index contributed by atoms with van der Waals surface area (Å²) in [5.41, 5.74) is 4.49. The number of aryl methyl sites for hydroxylation is 1. The number of aromatic nitrogens is 2. The largest absolute Gasteiger partial charge is 0.350 e. The van der Waals surface area contributed by atoms with Crippen LogP contribution >= 0.6 is 0 Å². The average molecular weight is 364 g/mol. The van der Waals surface area contributed by atoms with Crippen molar-refractivity contribution >= 4 is 17.4 Å². The van der Waals surface area contributed by atoms with Crippen LogP contribution in [0.1, 0.15) is 27.2 Å². The van der Waals surface area contributed by atoms with Crippen LogP contribution in [0.5, 0.6) is 0 Å². The van der Waals surface area contributed by atoms with Crippen molar-refractivity contribution < 1.29 is 9.18 Å². The Kier molecular flexibility index (Phi) is 5.76. The second-order valence-electron chi connectivity index (χ2n) is 6.29. The Labute approximate surface area is 157 Å². The van der Waals surface area contributed by atoms with Gasteiger partial charge in [-0.15, -0.1) is 0 Å². The van der Waals surface area contributed by atoms with Gasteiger partial charge >= 0.3 is 0 Å². The molecule has 1 heterocycles. The van der Waals surface area contributed by atoms with Crippen molar-refractivity contribution in [2.75, 3.05) is 11.9 Å². The monoisotopic (exact) mass is 364 g/mol. The second kappa shape index (κ2) is 8.40. The highest BCUT2D eigenvalue weighted by atomic mass is 19.1. The lowest BCUT2D eigenvalue weighted by molar-refractivity contribution is 0.0949. The normalized spacial score (nSPS) is 10.5. The average Bonchev–Trinajstić information content (AvgIpc) is 2.67. The molecule has 3 rings (SSSR count). The third-order valence-corrected chi connectivity index (χ3v) is 4.38. The first kappa shape index (κ1) is 18.5. The van der Waals surface area contributed by atoms with E-state index in [0.29, 0.717) is 18.8 Å². The molecule has 0 fully saturated rings. The van der Waals surface area contributed by atoms with E-state index in [1.807, 2.05) is 32.0 Å². The third kappa shape index (κ3) is 4.88. The molecular weight excluding hydrogens is 343 g/mol. The van der Waals surface area contributed by atoms with Crippen LogP contribution in [0.4, 0.5) is 15.9 Å². The molecule has 3 aromatic rings. The van der Waals surface area contributed by atoms with Crippen LogP contribution in [-0.2, 0) is 6.42 Å². The lowest BCUT2D eigenvalue weighted by Gasteiger charge is -2.11. The first-order chi connectivity index (χ1) is 13.0. The van der Waals surface area contributed by atoms with Crippen molar-refractivity contribution in [3.8, 4) is 0 Å². The molecule has 0 aliphatic carbocycles. The molecule has 0 saturated heterocycles. The topological polar surface area (TPSA) is 66.9 Å². The Morgan fingerprint density at radius 1 is 1.07 bits per heavy atom. The van der Waals surface area contributed by atoms with E-state index in [0.717, 1.165) is 16.8 Å². The minimum Gasteiger partial charge on any atom is -0.350 e. The number of anilines is 2. The van der Waals surface area contributed by atoms with Crippen molar-refractivity contribution in [2.24, 2.45) is 0 Å². The molecule has 1 aromatic heterocycles. The van der Waals surface area contributed by atoms with E-state index in [2.05, 4.69) is 20.6 Å². The van der Waals surface area contributed by atoms with Crippen molar-refractivity contribution in [1.82, 2.24) is 15.3 Å². The summed E-state index contributed by atoms with van der Waals surface area (Å²) in [4.78, 5) is 20.6. The zero-order chi connectivity index (χ0) is 19.2. The van der Waals surface area contributed by atoms with Crippen LogP contribution in [0.3, 0.4) is 0 Å². The molecule has 2 aromatic carbocycles. The molecule has 0 unspecified atom stereocenters. The van der Waals surface area contributed by atoms with Gasteiger partial charge in [-0.3, -0.25) is 4.79 Å². The van der Waals surface area contributed by atoms with E-state index in [1.165, 1.54) is 24.0 Å². The number of hydrogen-bond donors (Lipinski definition) is 2. The van der Waals surface area contributed by atoms with Gasteiger partial charge in [0, 0.05) is 18.3 Å². The molecular formula is C21H21FN4O. The van der Waals surface area contributed by atoms with Gasteiger partial charge in [-0.05, 0) is 55.2 Å². The van der Waals surface area contributed by atoms with Crippen LogP contribution < -0.4 is 10.6 Å². The molecule has 0 saturated carbocycles. The highest BCUT2D eigenvalue weighted by Crippen LogP contribution is 2.21. The second-order valence-corrected chi connectivity index (χ2v) is 6.29. The quantitative estimate of drug-likeness (QED) is 0.695. The van der Waals surface area contributed by atoms with Gasteiger partial charge in [0.2, 0.25) is 0 Å². The van der Waals surface area contributed by atoms with E-state index in [4.69, 9.17) is 0 Å². The molecule has 0 bridgehead atoms. The Bertz CT molecular complexity index is 941. The number of amides is 1. The summed E-state index contributed by atoms with van der Waals surface area (Å²) < 4.78 is 12.9. The predicted octanol–water partition coefficient (Wildman–Crippen LogP) is 3.95. The van der Waals surface area contributed by atoms with Crippen molar-refractivity contribution in [1.29, 1.82) is 0 Å². The Balaban J connectivity index is 1.61. The number of carbonyl (C=O) groups is 1. The summed E-state index contributed by atoms with van der Waals surface area (Å²) in [5.74, 6) is 0.0126. The van der Waals surface area contributed by atoms with Gasteiger partial charge in [0.05, 0.1) is 0 Å². The van der Waals surface area contributed by atoms with Crippen molar-refractivity contribution in [2.45, 2.75) is 20.3 Å². The number of nitrogens with one attached hydrogen (secondary N) is 2. The number of carbonyl (C=O) groups excluding carboxylic acids is 1. The Morgan fingerprint density at radius 3 is 2.63 bits per heavy atom. The maximum absolute atomic E-state index is 12.9. The van der Waals surface area contributed by atoms with Crippen molar-refractivity contribution in [3.05, 3.63) is 83.1 Å². The molecule has 0 radical (unpaired) electrons. The highest BCUT2D eigenvalue weighted by molar-refractivity contribution is 5.93. The van der Waals surface area contributed by atoms with Crippen LogP contribution in [0.15, 0.2) is 54.9 Å². The van der Waals surface area contributed by atoms with E-state index in [-0.39, 0.29) is 17.4 Å². The molecule has 0 atom stereocenters. The molecule has 138 valence electrons. The highest BCUT2D eigenvalue weighted by Gasteiger charge is 2.09. The molecule has 0 spiro atoms. The maximum Gasteiger partial charge on any atom is 0.270 e. The molecule has 27 heavy (non-hydrogen) atoms. The molecule has 6 heteroatoms. The van der Waals surface area contributed by atoms with Gasteiger partial charge in [-0.2, -0.15) is 0 Å². The lowest BCUT2D eigenvalue weighted by atomic mass is 10.1. The third-order valence-electron chi connectivity index (χ3n) is 4.38. The standard InChI is InChI=1S/C21H21FN4O/c1-14-4-3-5-18(15(14)2)26-20-12-19(24-13-25-20)21(27)23-11-10-16-6-8-17(22)9-7-16/h3-9,12-13H,10-11H2,1-2H3,(H,23,27)(H,24,25,26). The van der Waals surface area contributed by atoms with Crippen LogP contribution in [0.25, 0.3) is 0 Å². The smallest absolute Gasteiger partial charge is 0.270 e. The predicted molar refractivity (Wildman–Crippen MR) is 104 cm³/mol. The maximum atomic E-state index is 12.9. The Morgan fingerprint density at radius 2 is 1.85 bits per heavy atom. The van der Waals surface area contributed by atoms with Gasteiger partial charge in [-0.25, -0.2) is 14.4 Å². The first-order valence-corrected chi connectivity index (χ1v) is 8.71. The van der Waals surface area contributed by atoms with E-state index in [1.54, 1.807) is 18.2 Å². The van der Waals surface area contributed by atoms with Crippen LogP contribution in [0, 0.1) is 19.7 Å². The van der Waals surface area contributed by atoms with Gasteiger partial charge in [0.15, 0.2) is 0 Å². The molecule has 0 aliphatic heterocycles. The van der Waals surface area contributed by atoms with Crippen LogP contribution in [-0.4, -0.2) is 22.4 Å². The molecule has 0 aliphatic rings. The Hall–Kier alpha value is -3.28. The van der Waals surface area contributed by atoms with Gasteiger partial charge in [0.1, 0.15) is 23.7 Å². The number of hydrogen-bond acceptors (Lipinski definition) is 4. The number of benzene rings is 2. The summed E-state index contributed by atoms with van der Waals surface area (Å²) >= 11 is 0. The minimum absolute atomic E-state index is 0.271. The fraction of sp³-hybridized carbons (Fsp3) is 0.190. The summed E-state index contributed by atoms with van der Waals surface area (Å²) in [7, 11) is 0. The summed E-state index contributed by atoms with van der Waals surface area (Å²) in [6.45, 7) is 4.51. The zero-order valence-electron chi connectivity index (χ0n) is 15.3. The van der Waals surface area contributed by atoms with Gasteiger partial charge < -0.3 is 10.6 Å². The summed E-state index contributed by atoms with van der Waals surface area (Å²) in [6.07, 6.45) is 1.98. The fourth-order valence-corrected chi connectivity index (χ4v) is 2.64. The van der Waals surface area contributed by atoms with E-state index in [9.17, 15) is 9.18 Å². The molecule has 2 N–H and O–H groups in total. The van der Waals surface area contributed by atoms with Crippen LogP contribution in [0.2, 0.25) is 0 Å². The first-order valence-electron chi connectivity index (χ1n) is 8.71. The lowest BCUT2D eigenvalue weighted by Crippen LogP contribution is -2.26. The fourth-order valence-electron chi connectivity index (χ4n) is 2.64. The molecule has 1 amide bonds. The van der Waals surface area contributed by atoms with Crippen molar-refractivity contribution in [3.63, 3.8) is 0 Å². The summed E-state index contributed by atoms with van der Waals surface area (Å²) in [6, 6.07) is 13.8. The minimum atomic E-state index is -0.275. The van der Waals surface area contributed by atoms with E-state index >= 15 is 0 Å². The van der Waals surface area contributed by atoms with Gasteiger partial charge in [-0.1, -0.05) is 24.3 Å². The number of halogens is 1.